The molecular formula is C23H16Cl2N2O3S. The maximum Gasteiger partial charge on any atom is 0.270 e. The van der Waals surface area contributed by atoms with Gasteiger partial charge in [-0.1, -0.05) is 42.3 Å². The number of carbonyl (C=O) groups is 2. The predicted octanol–water partition coefficient (Wildman–Crippen LogP) is 5.65. The Bertz CT molecular complexity index is 1230. The first-order valence-corrected chi connectivity index (χ1v) is 10.6. The Morgan fingerprint density at radius 3 is 2.45 bits per heavy atom. The fraction of sp³-hybridized carbons (Fsp3) is 0.0870. The summed E-state index contributed by atoms with van der Waals surface area (Å²) in [6, 6.07) is 15.9. The highest BCUT2D eigenvalue weighted by molar-refractivity contribution is 7.80. The molecule has 0 aliphatic carbocycles. The van der Waals surface area contributed by atoms with E-state index in [-0.39, 0.29) is 10.7 Å². The zero-order valence-electron chi connectivity index (χ0n) is 16.3. The van der Waals surface area contributed by atoms with E-state index >= 15 is 0 Å². The molecule has 1 aliphatic rings. The summed E-state index contributed by atoms with van der Waals surface area (Å²) < 4.78 is 5.80. The molecule has 2 aromatic carbocycles. The highest BCUT2D eigenvalue weighted by Gasteiger charge is 2.34. The van der Waals surface area contributed by atoms with E-state index in [2.05, 4.69) is 5.32 Å². The minimum atomic E-state index is -0.580. The molecule has 3 aromatic rings. The summed E-state index contributed by atoms with van der Waals surface area (Å²) in [6.07, 6.45) is 2.27. The van der Waals surface area contributed by atoms with Crippen molar-refractivity contribution in [2.45, 2.75) is 13.3 Å². The van der Waals surface area contributed by atoms with Gasteiger partial charge in [-0.25, -0.2) is 0 Å². The van der Waals surface area contributed by atoms with Gasteiger partial charge in [0.25, 0.3) is 11.8 Å². The molecule has 0 unspecified atom stereocenters. The molecule has 1 fully saturated rings. The van der Waals surface area contributed by atoms with Crippen molar-refractivity contribution in [1.29, 1.82) is 0 Å². The third kappa shape index (κ3) is 4.28. The second-order valence-electron chi connectivity index (χ2n) is 6.81. The molecule has 2 heterocycles. The van der Waals surface area contributed by atoms with Gasteiger partial charge in [0, 0.05) is 5.56 Å². The summed E-state index contributed by atoms with van der Waals surface area (Å²) in [5.74, 6) is -0.236. The molecule has 31 heavy (non-hydrogen) atoms. The standard InChI is InChI=1S/C23H16Cl2N2O3S/c1-2-13-3-6-15(7-4-13)27-22(29)17(21(28)26-23(27)31)12-16-8-10-20(30-16)14-5-9-18(24)19(25)11-14/h3-12H,2H2,1H3,(H,26,28,31)/b17-12-. The Kier molecular flexibility index (Phi) is 5.96. The Hall–Kier alpha value is -2.93. The van der Waals surface area contributed by atoms with E-state index < -0.39 is 11.8 Å². The quantitative estimate of drug-likeness (QED) is 0.304. The van der Waals surface area contributed by atoms with Crippen LogP contribution >= 0.6 is 35.4 Å². The molecule has 156 valence electrons. The SMILES string of the molecule is CCc1ccc(N2C(=O)/C(=C\c3ccc(-c4ccc(Cl)c(Cl)c4)o3)C(=O)NC2=S)cc1. The van der Waals surface area contributed by atoms with Crippen LogP contribution in [-0.4, -0.2) is 16.9 Å². The Balaban J connectivity index is 1.65. The van der Waals surface area contributed by atoms with Crippen LogP contribution in [0.2, 0.25) is 10.0 Å². The average molecular weight is 471 g/mol. The molecule has 1 aromatic heterocycles. The highest BCUT2D eigenvalue weighted by atomic mass is 35.5. The van der Waals surface area contributed by atoms with Gasteiger partial charge in [0.2, 0.25) is 0 Å². The summed E-state index contributed by atoms with van der Waals surface area (Å²) in [5.41, 5.74) is 2.35. The molecule has 0 saturated carbocycles. The van der Waals surface area contributed by atoms with Gasteiger partial charge in [0.15, 0.2) is 5.11 Å². The first kappa shape index (κ1) is 21.3. The molecule has 2 amide bonds. The van der Waals surface area contributed by atoms with Crippen molar-refractivity contribution in [3.05, 3.63) is 81.5 Å². The van der Waals surface area contributed by atoms with E-state index in [4.69, 9.17) is 39.8 Å². The van der Waals surface area contributed by atoms with Crippen LogP contribution in [0.5, 0.6) is 0 Å². The van der Waals surface area contributed by atoms with Crippen LogP contribution in [0, 0.1) is 0 Å². The number of hydrogen-bond acceptors (Lipinski definition) is 4. The molecule has 8 heteroatoms. The normalized spacial score (nSPS) is 15.5. The fourth-order valence-electron chi connectivity index (χ4n) is 3.15. The number of furan rings is 1. The number of hydrogen-bond donors (Lipinski definition) is 1. The second kappa shape index (κ2) is 8.67. The van der Waals surface area contributed by atoms with E-state index in [1.54, 1.807) is 42.5 Å². The van der Waals surface area contributed by atoms with Gasteiger partial charge < -0.3 is 4.42 Å². The van der Waals surface area contributed by atoms with Crippen LogP contribution in [0.1, 0.15) is 18.2 Å². The second-order valence-corrected chi connectivity index (χ2v) is 8.01. The van der Waals surface area contributed by atoms with Crippen LogP contribution in [-0.2, 0) is 16.0 Å². The first-order chi connectivity index (χ1) is 14.9. The summed E-state index contributed by atoms with van der Waals surface area (Å²) in [6.45, 7) is 2.04. The molecule has 0 radical (unpaired) electrons. The minimum absolute atomic E-state index is 0.0346. The highest BCUT2D eigenvalue weighted by Crippen LogP contribution is 2.30. The number of aryl methyl sites for hydroxylation is 1. The van der Waals surface area contributed by atoms with E-state index in [1.165, 1.54) is 11.0 Å². The lowest BCUT2D eigenvalue weighted by Gasteiger charge is -2.28. The number of carbonyl (C=O) groups excluding carboxylic acids is 2. The van der Waals surface area contributed by atoms with E-state index in [0.717, 1.165) is 17.5 Å². The van der Waals surface area contributed by atoms with Crippen LogP contribution in [0.25, 0.3) is 17.4 Å². The van der Waals surface area contributed by atoms with Crippen molar-refractivity contribution in [3.8, 4) is 11.3 Å². The summed E-state index contributed by atoms with van der Waals surface area (Å²) in [7, 11) is 0. The minimum Gasteiger partial charge on any atom is -0.457 e. The Morgan fingerprint density at radius 1 is 1.03 bits per heavy atom. The van der Waals surface area contributed by atoms with E-state index in [9.17, 15) is 9.59 Å². The largest absolute Gasteiger partial charge is 0.457 e. The molecule has 0 atom stereocenters. The van der Waals surface area contributed by atoms with Gasteiger partial charge in [-0.3, -0.25) is 19.8 Å². The number of nitrogens with one attached hydrogen (secondary N) is 1. The molecule has 0 bridgehead atoms. The summed E-state index contributed by atoms with van der Waals surface area (Å²) in [4.78, 5) is 26.9. The van der Waals surface area contributed by atoms with Crippen LogP contribution in [0.15, 0.2) is 64.6 Å². The van der Waals surface area contributed by atoms with Gasteiger partial charge in [0.05, 0.1) is 15.7 Å². The van der Waals surface area contributed by atoms with Crippen molar-refractivity contribution >= 4 is 64.1 Å². The smallest absolute Gasteiger partial charge is 0.270 e. The van der Waals surface area contributed by atoms with Crippen molar-refractivity contribution in [1.82, 2.24) is 5.32 Å². The van der Waals surface area contributed by atoms with Gasteiger partial charge in [-0.05, 0) is 72.7 Å². The van der Waals surface area contributed by atoms with Crippen molar-refractivity contribution in [2.24, 2.45) is 0 Å². The molecule has 1 saturated heterocycles. The van der Waals surface area contributed by atoms with E-state index in [0.29, 0.717) is 27.3 Å². The van der Waals surface area contributed by atoms with Gasteiger partial charge in [-0.15, -0.1) is 0 Å². The molecule has 5 nitrogen and oxygen atoms in total. The summed E-state index contributed by atoms with van der Waals surface area (Å²) in [5, 5.41) is 3.44. The number of benzene rings is 2. The van der Waals surface area contributed by atoms with E-state index in [1.807, 2.05) is 19.1 Å². The molecule has 0 spiro atoms. The number of nitrogens with zero attached hydrogens (tertiary/aromatic N) is 1. The zero-order valence-corrected chi connectivity index (χ0v) is 18.6. The zero-order chi connectivity index (χ0) is 22.1. The maximum atomic E-state index is 13.1. The number of anilines is 1. The molecule has 1 N–H and O–H groups in total. The first-order valence-electron chi connectivity index (χ1n) is 9.43. The summed E-state index contributed by atoms with van der Waals surface area (Å²) >= 11 is 17.3. The average Bonchev–Trinajstić information content (AvgIpc) is 3.22. The monoisotopic (exact) mass is 470 g/mol. The number of amides is 2. The van der Waals surface area contributed by atoms with Crippen LogP contribution in [0.4, 0.5) is 5.69 Å². The Morgan fingerprint density at radius 2 is 1.77 bits per heavy atom. The number of rotatable bonds is 4. The van der Waals surface area contributed by atoms with Crippen molar-refractivity contribution in [3.63, 3.8) is 0 Å². The number of thiocarbonyl (C=S) groups is 1. The predicted molar refractivity (Wildman–Crippen MR) is 126 cm³/mol. The molecular weight excluding hydrogens is 455 g/mol. The number of halogens is 2. The lowest BCUT2D eigenvalue weighted by Crippen LogP contribution is -2.54. The third-order valence-corrected chi connectivity index (χ3v) is 5.85. The van der Waals surface area contributed by atoms with Gasteiger partial charge in [-0.2, -0.15) is 0 Å². The maximum absolute atomic E-state index is 13.1. The van der Waals surface area contributed by atoms with Crippen LogP contribution in [0.3, 0.4) is 0 Å². The lowest BCUT2D eigenvalue weighted by molar-refractivity contribution is -0.122. The lowest BCUT2D eigenvalue weighted by atomic mass is 10.1. The molecule has 1 aliphatic heterocycles. The third-order valence-electron chi connectivity index (χ3n) is 4.82. The van der Waals surface area contributed by atoms with Crippen molar-refractivity contribution < 1.29 is 14.0 Å². The Labute approximate surface area is 194 Å². The fourth-order valence-corrected chi connectivity index (χ4v) is 3.73. The van der Waals surface area contributed by atoms with Crippen molar-refractivity contribution in [2.75, 3.05) is 4.90 Å². The molecule has 4 rings (SSSR count). The van der Waals surface area contributed by atoms with Gasteiger partial charge in [0.1, 0.15) is 17.1 Å². The van der Waals surface area contributed by atoms with Crippen LogP contribution < -0.4 is 10.2 Å². The van der Waals surface area contributed by atoms with Gasteiger partial charge >= 0.3 is 0 Å². The topological polar surface area (TPSA) is 62.6 Å².